The van der Waals surface area contributed by atoms with Crippen molar-refractivity contribution in [3.8, 4) is 22.3 Å². The van der Waals surface area contributed by atoms with Crippen molar-refractivity contribution in [2.75, 3.05) is 18.8 Å². The van der Waals surface area contributed by atoms with Crippen LogP contribution < -0.4 is 5.73 Å². The lowest BCUT2D eigenvalue weighted by atomic mass is 10.0. The summed E-state index contributed by atoms with van der Waals surface area (Å²) in [7, 11) is 0. The van der Waals surface area contributed by atoms with Crippen LogP contribution in [0.15, 0.2) is 66.2 Å². The molecule has 0 atom stereocenters. The largest absolute Gasteiger partial charge is 0.383 e. The van der Waals surface area contributed by atoms with Crippen molar-refractivity contribution < 1.29 is 0 Å². The Morgan fingerprint density at radius 3 is 2.36 bits per heavy atom. The Morgan fingerprint density at radius 1 is 0.893 bits per heavy atom. The highest BCUT2D eigenvalue weighted by Gasteiger charge is 2.15. The Morgan fingerprint density at radius 2 is 1.61 bits per heavy atom. The fourth-order valence-corrected chi connectivity index (χ4v) is 5.21. The Kier molecular flexibility index (Phi) is 4.59. The first-order valence-electron chi connectivity index (χ1n) is 9.82. The molecule has 5 rings (SSSR count). The van der Waals surface area contributed by atoms with E-state index >= 15 is 0 Å². The van der Waals surface area contributed by atoms with E-state index in [-0.39, 0.29) is 0 Å². The minimum Gasteiger partial charge on any atom is -0.383 e. The maximum atomic E-state index is 6.29. The summed E-state index contributed by atoms with van der Waals surface area (Å²) in [6.45, 7) is 3.50. The van der Waals surface area contributed by atoms with Crippen LogP contribution in [0.5, 0.6) is 0 Å². The van der Waals surface area contributed by atoms with Crippen molar-refractivity contribution in [3.63, 3.8) is 0 Å². The molecule has 0 radical (unpaired) electrons. The molecule has 4 heteroatoms. The molecule has 2 aromatic heterocycles. The third-order valence-electron chi connectivity index (χ3n) is 5.58. The summed E-state index contributed by atoms with van der Waals surface area (Å²) >= 11 is 1.75. The molecule has 140 valence electrons. The second-order valence-electron chi connectivity index (χ2n) is 7.46. The van der Waals surface area contributed by atoms with Crippen molar-refractivity contribution in [3.05, 3.63) is 71.7 Å². The monoisotopic (exact) mass is 385 g/mol. The third kappa shape index (κ3) is 3.19. The summed E-state index contributed by atoms with van der Waals surface area (Å²) < 4.78 is 1.21. The first-order chi connectivity index (χ1) is 13.8. The zero-order valence-electron chi connectivity index (χ0n) is 15.8. The normalized spacial score (nSPS) is 14.7. The predicted octanol–water partition coefficient (Wildman–Crippen LogP) is 5.81. The van der Waals surface area contributed by atoms with Crippen molar-refractivity contribution in [1.29, 1.82) is 0 Å². The molecule has 4 aromatic rings. The number of hydrogen-bond donors (Lipinski definition) is 1. The lowest BCUT2D eigenvalue weighted by Gasteiger charge is -2.15. The Hall–Kier alpha value is -2.69. The first kappa shape index (κ1) is 17.4. The number of hydrogen-bond acceptors (Lipinski definition) is 4. The number of nitrogen functional groups attached to an aromatic ring is 1. The number of nitrogens with zero attached hydrogens (tertiary/aromatic N) is 2. The highest BCUT2D eigenvalue weighted by Crippen LogP contribution is 2.41. The van der Waals surface area contributed by atoms with Crippen LogP contribution in [0, 0.1) is 0 Å². The molecule has 1 aliphatic rings. The van der Waals surface area contributed by atoms with Gasteiger partial charge in [0, 0.05) is 34.0 Å². The Balaban J connectivity index is 1.52. The van der Waals surface area contributed by atoms with E-state index in [4.69, 9.17) is 5.73 Å². The molecular weight excluding hydrogens is 362 g/mol. The summed E-state index contributed by atoms with van der Waals surface area (Å²) in [4.78, 5) is 7.05. The van der Waals surface area contributed by atoms with E-state index in [2.05, 4.69) is 63.8 Å². The molecule has 0 aliphatic carbocycles. The minimum atomic E-state index is 0.601. The molecule has 0 bridgehead atoms. The van der Waals surface area contributed by atoms with Gasteiger partial charge in [-0.1, -0.05) is 54.6 Å². The molecule has 0 amide bonds. The molecule has 28 heavy (non-hydrogen) atoms. The lowest BCUT2D eigenvalue weighted by molar-refractivity contribution is 0.331. The number of likely N-dealkylation sites (tertiary alicyclic amines) is 1. The number of anilines is 1. The molecule has 3 nitrogen and oxygen atoms in total. The van der Waals surface area contributed by atoms with Crippen LogP contribution in [0.25, 0.3) is 32.3 Å². The quantitative estimate of drug-likeness (QED) is 0.482. The average Bonchev–Trinajstić information content (AvgIpc) is 3.40. The molecule has 2 N–H and O–H groups in total. The van der Waals surface area contributed by atoms with Gasteiger partial charge in [0.05, 0.1) is 0 Å². The molecule has 3 heterocycles. The molecule has 1 saturated heterocycles. The predicted molar refractivity (Wildman–Crippen MR) is 119 cm³/mol. The van der Waals surface area contributed by atoms with E-state index in [1.165, 1.54) is 47.3 Å². The van der Waals surface area contributed by atoms with Gasteiger partial charge < -0.3 is 5.73 Å². The number of pyridine rings is 1. The second-order valence-corrected chi connectivity index (χ2v) is 8.34. The van der Waals surface area contributed by atoms with Crippen molar-refractivity contribution in [2.24, 2.45) is 0 Å². The van der Waals surface area contributed by atoms with Gasteiger partial charge in [-0.25, -0.2) is 4.98 Å². The summed E-state index contributed by atoms with van der Waals surface area (Å²) in [5.41, 5.74) is 12.4. The second kappa shape index (κ2) is 7.38. The van der Waals surface area contributed by atoms with Crippen LogP contribution in [0.2, 0.25) is 0 Å². The number of aromatic nitrogens is 1. The van der Waals surface area contributed by atoms with E-state index in [0.717, 1.165) is 23.1 Å². The molecule has 2 aromatic carbocycles. The standard InChI is InChI=1S/C24H23N3S/c25-24-22-21(18-6-2-1-3-7-18)16-28-23(22)20(14-26-24)19-10-8-17(9-11-19)15-27-12-4-5-13-27/h1-3,6-11,14,16H,4-5,12-13,15H2,(H2,25,26). The fraction of sp³-hybridized carbons (Fsp3) is 0.208. The van der Waals surface area contributed by atoms with Crippen molar-refractivity contribution >= 4 is 27.2 Å². The molecule has 0 saturated carbocycles. The maximum absolute atomic E-state index is 6.29. The number of benzene rings is 2. The fourth-order valence-electron chi connectivity index (χ4n) is 4.09. The van der Waals surface area contributed by atoms with Gasteiger partial charge in [0.25, 0.3) is 0 Å². The van der Waals surface area contributed by atoms with Gasteiger partial charge in [-0.15, -0.1) is 11.3 Å². The Bertz CT molecular complexity index is 1090. The van der Waals surface area contributed by atoms with Crippen LogP contribution in [0.1, 0.15) is 18.4 Å². The molecule has 1 fully saturated rings. The van der Waals surface area contributed by atoms with Crippen molar-refractivity contribution in [1.82, 2.24) is 9.88 Å². The zero-order chi connectivity index (χ0) is 18.9. The molecule has 1 aliphatic heterocycles. The van der Waals surface area contributed by atoms with Crippen LogP contribution in [-0.4, -0.2) is 23.0 Å². The van der Waals surface area contributed by atoms with Crippen LogP contribution in [-0.2, 0) is 6.54 Å². The molecule has 0 unspecified atom stereocenters. The number of fused-ring (bicyclic) bond motifs is 1. The highest BCUT2D eigenvalue weighted by atomic mass is 32.1. The van der Waals surface area contributed by atoms with Crippen LogP contribution in [0.4, 0.5) is 5.82 Å². The zero-order valence-corrected chi connectivity index (χ0v) is 16.6. The van der Waals surface area contributed by atoms with Gasteiger partial charge >= 0.3 is 0 Å². The smallest absolute Gasteiger partial charge is 0.132 e. The highest BCUT2D eigenvalue weighted by molar-refractivity contribution is 7.18. The maximum Gasteiger partial charge on any atom is 0.132 e. The van der Waals surface area contributed by atoms with Gasteiger partial charge in [0.15, 0.2) is 0 Å². The van der Waals surface area contributed by atoms with E-state index in [1.807, 2.05) is 12.3 Å². The van der Waals surface area contributed by atoms with E-state index < -0.39 is 0 Å². The van der Waals surface area contributed by atoms with Gasteiger partial charge in [0.1, 0.15) is 5.82 Å². The van der Waals surface area contributed by atoms with Gasteiger partial charge in [0.2, 0.25) is 0 Å². The summed E-state index contributed by atoms with van der Waals surface area (Å²) in [6.07, 6.45) is 4.57. The van der Waals surface area contributed by atoms with E-state index in [9.17, 15) is 0 Å². The number of thiophene rings is 1. The molecular formula is C24H23N3S. The van der Waals surface area contributed by atoms with Gasteiger partial charge in [-0.05, 0) is 48.0 Å². The lowest BCUT2D eigenvalue weighted by Crippen LogP contribution is -2.18. The summed E-state index contributed by atoms with van der Waals surface area (Å²) in [6, 6.07) is 19.4. The molecule has 0 spiro atoms. The van der Waals surface area contributed by atoms with Gasteiger partial charge in [-0.3, -0.25) is 4.90 Å². The third-order valence-corrected chi connectivity index (χ3v) is 6.59. The van der Waals surface area contributed by atoms with E-state index in [0.29, 0.717) is 5.82 Å². The Labute approximate surface area is 169 Å². The minimum absolute atomic E-state index is 0.601. The van der Waals surface area contributed by atoms with Crippen LogP contribution >= 0.6 is 11.3 Å². The van der Waals surface area contributed by atoms with Crippen LogP contribution in [0.3, 0.4) is 0 Å². The first-order valence-corrected chi connectivity index (χ1v) is 10.7. The summed E-state index contributed by atoms with van der Waals surface area (Å²) in [5.74, 6) is 0.601. The topological polar surface area (TPSA) is 42.1 Å². The number of nitrogens with two attached hydrogens (primary N) is 1. The van der Waals surface area contributed by atoms with Gasteiger partial charge in [-0.2, -0.15) is 0 Å². The summed E-state index contributed by atoms with van der Waals surface area (Å²) in [5, 5.41) is 3.26. The van der Waals surface area contributed by atoms with E-state index in [1.54, 1.807) is 11.3 Å². The number of rotatable bonds is 4. The SMILES string of the molecule is Nc1ncc(-c2ccc(CN3CCCC3)cc2)c2scc(-c3ccccc3)c12. The average molecular weight is 386 g/mol. The van der Waals surface area contributed by atoms with Crippen molar-refractivity contribution in [2.45, 2.75) is 19.4 Å².